The van der Waals surface area contributed by atoms with E-state index < -0.39 is 0 Å². The van der Waals surface area contributed by atoms with E-state index >= 15 is 0 Å². The van der Waals surface area contributed by atoms with Gasteiger partial charge in [-0.3, -0.25) is 9.88 Å². The number of aromatic nitrogens is 2. The molecular formula is C21H24N4. The van der Waals surface area contributed by atoms with Crippen molar-refractivity contribution in [3.05, 3.63) is 78.9 Å². The van der Waals surface area contributed by atoms with Crippen molar-refractivity contribution in [2.75, 3.05) is 18.4 Å². The van der Waals surface area contributed by atoms with Crippen LogP contribution in [-0.4, -0.2) is 33.6 Å². The summed E-state index contributed by atoms with van der Waals surface area (Å²) in [6, 6.07) is 19.5. The van der Waals surface area contributed by atoms with Gasteiger partial charge in [0.15, 0.2) is 0 Å². The van der Waals surface area contributed by atoms with Gasteiger partial charge in [-0.15, -0.1) is 0 Å². The molecule has 0 radical (unpaired) electrons. The normalized spacial score (nSPS) is 18.2. The van der Waals surface area contributed by atoms with E-state index in [9.17, 15) is 0 Å². The molecule has 0 saturated carbocycles. The van der Waals surface area contributed by atoms with Crippen LogP contribution in [-0.2, 0) is 6.54 Å². The van der Waals surface area contributed by atoms with Gasteiger partial charge >= 0.3 is 0 Å². The Hall–Kier alpha value is -2.59. The third kappa shape index (κ3) is 3.91. The number of piperidine rings is 1. The number of rotatable bonds is 5. The summed E-state index contributed by atoms with van der Waals surface area (Å²) in [5, 5.41) is 3.68. The van der Waals surface area contributed by atoms with Gasteiger partial charge < -0.3 is 9.88 Å². The molecule has 1 unspecified atom stereocenters. The molecule has 4 nitrogen and oxygen atoms in total. The second kappa shape index (κ2) is 7.53. The molecule has 0 amide bonds. The quantitative estimate of drug-likeness (QED) is 0.768. The third-order valence-corrected chi connectivity index (χ3v) is 4.79. The number of nitrogens with zero attached hydrogens (tertiary/aromatic N) is 3. The summed E-state index contributed by atoms with van der Waals surface area (Å²) in [6.07, 6.45) is 8.32. The highest BCUT2D eigenvalue weighted by Gasteiger charge is 2.20. The van der Waals surface area contributed by atoms with Crippen molar-refractivity contribution in [2.24, 2.45) is 0 Å². The van der Waals surface area contributed by atoms with E-state index in [1.54, 1.807) is 0 Å². The van der Waals surface area contributed by atoms with E-state index in [2.05, 4.69) is 74.5 Å². The largest absolute Gasteiger partial charge is 0.381 e. The summed E-state index contributed by atoms with van der Waals surface area (Å²) in [6.45, 7) is 3.20. The molecule has 3 aromatic rings. The Labute approximate surface area is 149 Å². The minimum absolute atomic E-state index is 0.512. The van der Waals surface area contributed by atoms with Crippen molar-refractivity contribution in [1.29, 1.82) is 0 Å². The molecule has 2 aromatic heterocycles. The molecule has 25 heavy (non-hydrogen) atoms. The number of hydrogen-bond donors (Lipinski definition) is 1. The van der Waals surface area contributed by atoms with Crippen molar-refractivity contribution in [3.63, 3.8) is 0 Å². The van der Waals surface area contributed by atoms with Crippen molar-refractivity contribution in [2.45, 2.75) is 25.4 Å². The predicted octanol–water partition coefficient (Wildman–Crippen LogP) is 3.95. The fourth-order valence-corrected chi connectivity index (χ4v) is 3.61. The van der Waals surface area contributed by atoms with Crippen LogP contribution >= 0.6 is 0 Å². The smallest absolute Gasteiger partial charge is 0.0636 e. The second-order valence-corrected chi connectivity index (χ2v) is 6.67. The Morgan fingerprint density at radius 3 is 2.80 bits per heavy atom. The number of likely N-dealkylation sites (tertiary alicyclic amines) is 1. The first-order valence-corrected chi connectivity index (χ1v) is 8.99. The van der Waals surface area contributed by atoms with E-state index in [4.69, 9.17) is 0 Å². The van der Waals surface area contributed by atoms with Crippen LogP contribution in [0.5, 0.6) is 0 Å². The van der Waals surface area contributed by atoms with Crippen LogP contribution in [0.15, 0.2) is 73.2 Å². The summed E-state index contributed by atoms with van der Waals surface area (Å²) in [5.41, 5.74) is 3.65. The van der Waals surface area contributed by atoms with Gasteiger partial charge in [-0.05, 0) is 55.8 Å². The van der Waals surface area contributed by atoms with Crippen LogP contribution in [0.1, 0.15) is 18.5 Å². The maximum absolute atomic E-state index is 4.24. The zero-order valence-electron chi connectivity index (χ0n) is 14.4. The summed E-state index contributed by atoms with van der Waals surface area (Å²) in [4.78, 5) is 6.79. The minimum atomic E-state index is 0.512. The molecule has 1 fully saturated rings. The predicted molar refractivity (Wildman–Crippen MR) is 102 cm³/mol. The van der Waals surface area contributed by atoms with Gasteiger partial charge in [-0.2, -0.15) is 0 Å². The Balaban J connectivity index is 1.42. The Morgan fingerprint density at radius 1 is 1.04 bits per heavy atom. The van der Waals surface area contributed by atoms with Crippen LogP contribution in [0.25, 0.3) is 5.69 Å². The van der Waals surface area contributed by atoms with Gasteiger partial charge in [-0.25, -0.2) is 0 Å². The fourth-order valence-electron chi connectivity index (χ4n) is 3.61. The van der Waals surface area contributed by atoms with Gasteiger partial charge in [0.05, 0.1) is 11.9 Å². The fraction of sp³-hybridized carbons (Fsp3) is 0.286. The number of pyridine rings is 1. The molecule has 1 aliphatic heterocycles. The zero-order chi connectivity index (χ0) is 16.9. The number of anilines is 1. The van der Waals surface area contributed by atoms with Gasteiger partial charge in [0.2, 0.25) is 0 Å². The number of benzene rings is 1. The van der Waals surface area contributed by atoms with Crippen molar-refractivity contribution in [1.82, 2.24) is 14.5 Å². The topological polar surface area (TPSA) is 33.1 Å². The number of hydrogen-bond acceptors (Lipinski definition) is 3. The molecule has 0 aliphatic carbocycles. The number of nitrogens with one attached hydrogen (secondary N) is 1. The van der Waals surface area contributed by atoms with E-state index in [0.29, 0.717) is 6.04 Å². The van der Waals surface area contributed by atoms with Crippen LogP contribution in [0, 0.1) is 0 Å². The van der Waals surface area contributed by atoms with Gasteiger partial charge in [0, 0.05) is 42.9 Å². The molecule has 1 aromatic carbocycles. The standard InChI is InChI=1S/C21H24N4/c1-2-7-18(8-3-1)23-19-9-5-13-24(16-19)17-21-11-6-14-25(21)20-10-4-12-22-15-20/h1-4,6-8,10-12,14-15,19,23H,5,9,13,16-17H2. The van der Waals surface area contributed by atoms with E-state index in [1.807, 2.05) is 18.5 Å². The number of para-hydroxylation sites is 1. The maximum Gasteiger partial charge on any atom is 0.0636 e. The lowest BCUT2D eigenvalue weighted by Crippen LogP contribution is -2.41. The molecule has 0 spiro atoms. The maximum atomic E-state index is 4.24. The first kappa shape index (κ1) is 15.9. The highest BCUT2D eigenvalue weighted by Crippen LogP contribution is 2.19. The molecule has 1 atom stereocenters. The Morgan fingerprint density at radius 2 is 1.96 bits per heavy atom. The monoisotopic (exact) mass is 332 g/mol. The summed E-state index contributed by atoms with van der Waals surface area (Å²) in [7, 11) is 0. The van der Waals surface area contributed by atoms with Crippen molar-refractivity contribution < 1.29 is 0 Å². The second-order valence-electron chi connectivity index (χ2n) is 6.67. The minimum Gasteiger partial charge on any atom is -0.381 e. The zero-order valence-corrected chi connectivity index (χ0v) is 14.4. The first-order valence-electron chi connectivity index (χ1n) is 8.99. The molecule has 1 saturated heterocycles. The van der Waals surface area contributed by atoms with Crippen molar-refractivity contribution in [3.8, 4) is 5.69 Å². The summed E-state index contributed by atoms with van der Waals surface area (Å²) < 4.78 is 2.24. The van der Waals surface area contributed by atoms with Gasteiger partial charge in [-0.1, -0.05) is 18.2 Å². The lowest BCUT2D eigenvalue weighted by atomic mass is 10.0. The highest BCUT2D eigenvalue weighted by atomic mass is 15.2. The van der Waals surface area contributed by atoms with Crippen LogP contribution in [0.2, 0.25) is 0 Å². The molecule has 128 valence electrons. The molecule has 3 heterocycles. The Kier molecular flexibility index (Phi) is 4.79. The first-order chi connectivity index (χ1) is 12.4. The molecule has 1 aliphatic rings. The Bertz CT molecular complexity index is 782. The van der Waals surface area contributed by atoms with Crippen LogP contribution < -0.4 is 5.32 Å². The van der Waals surface area contributed by atoms with E-state index in [-0.39, 0.29) is 0 Å². The van der Waals surface area contributed by atoms with Crippen LogP contribution in [0.4, 0.5) is 5.69 Å². The average molecular weight is 332 g/mol. The van der Waals surface area contributed by atoms with Gasteiger partial charge in [0.25, 0.3) is 0 Å². The lowest BCUT2D eigenvalue weighted by molar-refractivity contribution is 0.205. The van der Waals surface area contributed by atoms with Crippen molar-refractivity contribution >= 4 is 5.69 Å². The summed E-state index contributed by atoms with van der Waals surface area (Å²) >= 11 is 0. The summed E-state index contributed by atoms with van der Waals surface area (Å²) in [5.74, 6) is 0. The lowest BCUT2D eigenvalue weighted by Gasteiger charge is -2.33. The molecule has 1 N–H and O–H groups in total. The van der Waals surface area contributed by atoms with E-state index in [0.717, 1.165) is 25.3 Å². The molecule has 0 bridgehead atoms. The average Bonchev–Trinajstić information content (AvgIpc) is 3.12. The third-order valence-electron chi connectivity index (χ3n) is 4.79. The van der Waals surface area contributed by atoms with Crippen LogP contribution in [0.3, 0.4) is 0 Å². The molecule has 4 heteroatoms. The SMILES string of the molecule is c1ccc(NC2CCCN(Cc3cccn3-c3cccnc3)C2)cc1. The van der Waals surface area contributed by atoms with E-state index in [1.165, 1.54) is 24.2 Å². The molecular weight excluding hydrogens is 308 g/mol. The molecule has 4 rings (SSSR count). The van der Waals surface area contributed by atoms with Gasteiger partial charge in [0.1, 0.15) is 0 Å². The highest BCUT2D eigenvalue weighted by molar-refractivity contribution is 5.43.